The summed E-state index contributed by atoms with van der Waals surface area (Å²) in [7, 11) is 0. The van der Waals surface area contributed by atoms with Gasteiger partial charge in [0.25, 0.3) is 5.91 Å². The van der Waals surface area contributed by atoms with Crippen molar-refractivity contribution in [3.05, 3.63) is 95.6 Å². The predicted octanol–water partition coefficient (Wildman–Crippen LogP) is 5.94. The topological polar surface area (TPSA) is 67.4 Å². The van der Waals surface area contributed by atoms with Crippen molar-refractivity contribution in [3.8, 4) is 0 Å². The predicted molar refractivity (Wildman–Crippen MR) is 129 cm³/mol. The van der Waals surface area contributed by atoms with Crippen LogP contribution in [0.3, 0.4) is 0 Å². The van der Waals surface area contributed by atoms with E-state index in [0.717, 1.165) is 25.1 Å². The molecule has 0 radical (unpaired) electrons. The zero-order valence-corrected chi connectivity index (χ0v) is 18.9. The van der Waals surface area contributed by atoms with E-state index in [1.165, 1.54) is 5.56 Å². The molecule has 0 bridgehead atoms. The van der Waals surface area contributed by atoms with E-state index in [2.05, 4.69) is 22.8 Å². The Balaban J connectivity index is 1.73. The van der Waals surface area contributed by atoms with Gasteiger partial charge in [-0.2, -0.15) is 0 Å². The second-order valence-electron chi connectivity index (χ2n) is 8.60. The van der Waals surface area contributed by atoms with E-state index in [0.29, 0.717) is 16.8 Å². The van der Waals surface area contributed by atoms with E-state index in [9.17, 15) is 9.59 Å². The molecule has 32 heavy (non-hydrogen) atoms. The van der Waals surface area contributed by atoms with Gasteiger partial charge in [0.15, 0.2) is 0 Å². The molecule has 0 aliphatic heterocycles. The number of anilines is 2. The van der Waals surface area contributed by atoms with Crippen LogP contribution in [0.2, 0.25) is 0 Å². The minimum atomic E-state index is -0.633. The van der Waals surface area contributed by atoms with Crippen LogP contribution in [0.4, 0.5) is 11.4 Å². The first-order valence-electron chi connectivity index (χ1n) is 10.8. The maximum atomic E-state index is 12.7. The van der Waals surface area contributed by atoms with Crippen LogP contribution in [0.15, 0.2) is 78.9 Å². The summed E-state index contributed by atoms with van der Waals surface area (Å²) in [5.41, 5.74) is 2.75. The van der Waals surface area contributed by atoms with Gasteiger partial charge in [0, 0.05) is 17.8 Å². The molecule has 0 saturated heterocycles. The molecule has 0 atom stereocenters. The van der Waals surface area contributed by atoms with Crippen molar-refractivity contribution >= 4 is 23.3 Å². The summed E-state index contributed by atoms with van der Waals surface area (Å²) in [4.78, 5) is 25.5. The van der Waals surface area contributed by atoms with Gasteiger partial charge in [-0.15, -0.1) is 0 Å². The number of benzene rings is 3. The molecule has 166 valence electrons. The minimum Gasteiger partial charge on any atom is -0.456 e. The van der Waals surface area contributed by atoms with Gasteiger partial charge in [-0.05, 0) is 69.5 Å². The molecule has 0 saturated carbocycles. The molecule has 0 aromatic heterocycles. The lowest BCUT2D eigenvalue weighted by molar-refractivity contribution is 0.00708. The van der Waals surface area contributed by atoms with Crippen molar-refractivity contribution in [1.82, 2.24) is 0 Å². The van der Waals surface area contributed by atoms with E-state index < -0.39 is 11.6 Å². The summed E-state index contributed by atoms with van der Waals surface area (Å²) >= 11 is 0. The second kappa shape index (κ2) is 10.6. The summed E-state index contributed by atoms with van der Waals surface area (Å²) in [5.74, 6) is -0.756. The number of aryl methyl sites for hydroxylation is 1. The lowest BCUT2D eigenvalue weighted by Gasteiger charge is -2.21. The summed E-state index contributed by atoms with van der Waals surface area (Å²) in [6.45, 7) is 6.22. The Kier molecular flexibility index (Phi) is 7.66. The summed E-state index contributed by atoms with van der Waals surface area (Å²) in [5, 5.41) is 6.25. The van der Waals surface area contributed by atoms with E-state index in [1.807, 2.05) is 51.1 Å². The molecule has 3 rings (SSSR count). The molecule has 0 fully saturated rings. The number of esters is 1. The second-order valence-corrected chi connectivity index (χ2v) is 8.60. The number of rotatable bonds is 8. The van der Waals surface area contributed by atoms with Gasteiger partial charge in [-0.25, -0.2) is 4.79 Å². The van der Waals surface area contributed by atoms with Crippen molar-refractivity contribution in [2.45, 2.75) is 39.2 Å². The summed E-state index contributed by atoms with van der Waals surface area (Å²) in [6, 6.07) is 24.5. The van der Waals surface area contributed by atoms with Gasteiger partial charge in [0.1, 0.15) is 5.60 Å². The molecule has 2 N–H and O–H groups in total. The van der Waals surface area contributed by atoms with Crippen molar-refractivity contribution in [2.75, 3.05) is 17.2 Å². The van der Waals surface area contributed by atoms with Crippen LogP contribution in [0.5, 0.6) is 0 Å². The lowest BCUT2D eigenvalue weighted by atomic mass is 10.1. The number of hydrogen-bond donors (Lipinski definition) is 2. The fraction of sp³-hybridized carbons (Fsp3) is 0.259. The highest BCUT2D eigenvalue weighted by Gasteiger charge is 2.22. The molecule has 3 aromatic carbocycles. The number of carbonyl (C=O) groups is 2. The Labute approximate surface area is 189 Å². The van der Waals surface area contributed by atoms with Crippen LogP contribution in [-0.4, -0.2) is 24.0 Å². The molecule has 0 heterocycles. The maximum Gasteiger partial charge on any atom is 0.340 e. The molecule has 0 aliphatic carbocycles. The molecule has 0 aliphatic rings. The standard InChI is InChI=1S/C27H30N2O3/c1-27(2,3)32-26(31)23-17-16-22(28-18-10-13-20-11-6-4-7-12-20)19-24(23)29-25(30)21-14-8-5-9-15-21/h4-9,11-12,14-17,19,28H,10,13,18H2,1-3H3,(H,29,30). The highest BCUT2D eigenvalue weighted by Crippen LogP contribution is 2.25. The molecule has 5 heteroatoms. The van der Waals surface area contributed by atoms with Gasteiger partial charge in [0.2, 0.25) is 0 Å². The first-order chi connectivity index (χ1) is 15.3. The molecular formula is C27H30N2O3. The largest absolute Gasteiger partial charge is 0.456 e. The third-order valence-corrected chi connectivity index (χ3v) is 4.74. The average molecular weight is 431 g/mol. The SMILES string of the molecule is CC(C)(C)OC(=O)c1ccc(NCCCc2ccccc2)cc1NC(=O)c1ccccc1. The third kappa shape index (κ3) is 6.98. The Morgan fingerprint density at radius 2 is 1.53 bits per heavy atom. The lowest BCUT2D eigenvalue weighted by Crippen LogP contribution is -2.25. The smallest absolute Gasteiger partial charge is 0.340 e. The number of carbonyl (C=O) groups excluding carboxylic acids is 2. The quantitative estimate of drug-likeness (QED) is 0.343. The van der Waals surface area contributed by atoms with Crippen molar-refractivity contribution in [2.24, 2.45) is 0 Å². The van der Waals surface area contributed by atoms with Crippen LogP contribution in [0, 0.1) is 0 Å². The number of nitrogens with one attached hydrogen (secondary N) is 2. The number of amides is 1. The molecule has 3 aromatic rings. The fourth-order valence-electron chi connectivity index (χ4n) is 3.22. The van der Waals surface area contributed by atoms with Crippen LogP contribution in [0.25, 0.3) is 0 Å². The molecular weight excluding hydrogens is 400 g/mol. The van der Waals surface area contributed by atoms with Crippen LogP contribution in [0.1, 0.15) is 53.5 Å². The zero-order chi connectivity index (χ0) is 23.0. The Hall–Kier alpha value is -3.60. The van der Waals surface area contributed by atoms with Crippen molar-refractivity contribution in [3.63, 3.8) is 0 Å². The molecule has 1 amide bonds. The van der Waals surface area contributed by atoms with Crippen molar-refractivity contribution in [1.29, 1.82) is 0 Å². The number of hydrogen-bond acceptors (Lipinski definition) is 4. The molecule has 5 nitrogen and oxygen atoms in total. The number of ether oxygens (including phenoxy) is 1. The Morgan fingerprint density at radius 1 is 0.875 bits per heavy atom. The zero-order valence-electron chi connectivity index (χ0n) is 18.9. The molecule has 0 unspecified atom stereocenters. The van der Waals surface area contributed by atoms with Crippen LogP contribution < -0.4 is 10.6 Å². The van der Waals surface area contributed by atoms with E-state index in [1.54, 1.807) is 36.4 Å². The highest BCUT2D eigenvalue weighted by molar-refractivity contribution is 6.08. The minimum absolute atomic E-state index is 0.281. The monoisotopic (exact) mass is 430 g/mol. The Bertz CT molecular complexity index is 1040. The summed E-state index contributed by atoms with van der Waals surface area (Å²) in [6.07, 6.45) is 1.94. The first-order valence-corrected chi connectivity index (χ1v) is 10.8. The van der Waals surface area contributed by atoms with Gasteiger partial charge in [-0.1, -0.05) is 48.5 Å². The fourth-order valence-corrected chi connectivity index (χ4v) is 3.22. The van der Waals surface area contributed by atoms with E-state index in [-0.39, 0.29) is 5.91 Å². The normalized spacial score (nSPS) is 11.0. The highest BCUT2D eigenvalue weighted by atomic mass is 16.6. The van der Waals surface area contributed by atoms with Gasteiger partial charge < -0.3 is 15.4 Å². The van der Waals surface area contributed by atoms with Gasteiger partial charge in [0.05, 0.1) is 11.3 Å². The van der Waals surface area contributed by atoms with Crippen LogP contribution in [-0.2, 0) is 11.2 Å². The van der Waals surface area contributed by atoms with Gasteiger partial charge >= 0.3 is 5.97 Å². The average Bonchev–Trinajstić information content (AvgIpc) is 2.77. The summed E-state index contributed by atoms with van der Waals surface area (Å²) < 4.78 is 5.53. The maximum absolute atomic E-state index is 12.7. The Morgan fingerprint density at radius 3 is 2.19 bits per heavy atom. The van der Waals surface area contributed by atoms with Crippen LogP contribution >= 0.6 is 0 Å². The van der Waals surface area contributed by atoms with E-state index >= 15 is 0 Å². The third-order valence-electron chi connectivity index (χ3n) is 4.74. The molecule has 0 spiro atoms. The first kappa shape index (κ1) is 23.1. The van der Waals surface area contributed by atoms with E-state index in [4.69, 9.17) is 4.74 Å². The van der Waals surface area contributed by atoms with Crippen molar-refractivity contribution < 1.29 is 14.3 Å². The van der Waals surface area contributed by atoms with Gasteiger partial charge in [-0.3, -0.25) is 4.79 Å².